The Morgan fingerprint density at radius 3 is 2.65 bits per heavy atom. The highest BCUT2D eigenvalue weighted by Gasteiger charge is 2.33. The summed E-state index contributed by atoms with van der Waals surface area (Å²) >= 11 is 6.40. The molecule has 1 aromatic heterocycles. The highest BCUT2D eigenvalue weighted by Crippen LogP contribution is 2.34. The zero-order valence-electron chi connectivity index (χ0n) is 21.0. The smallest absolute Gasteiger partial charge is 0.271 e. The van der Waals surface area contributed by atoms with E-state index in [2.05, 4.69) is 0 Å². The predicted octanol–water partition coefficient (Wildman–Crippen LogP) is 4.12. The number of carbonyl (C=O) groups excluding carboxylic acids is 2. The number of aromatic hydroxyl groups is 1. The Labute approximate surface area is 237 Å². The van der Waals surface area contributed by atoms with E-state index in [0.717, 1.165) is 16.3 Å². The number of fused-ring (bicyclic) bond motifs is 1. The first kappa shape index (κ1) is 27.1. The fourth-order valence-electron chi connectivity index (χ4n) is 4.39. The van der Waals surface area contributed by atoms with Gasteiger partial charge in [-0.2, -0.15) is 5.26 Å². The normalized spacial score (nSPS) is 15.1. The number of ketones is 1. The first-order chi connectivity index (χ1) is 19.2. The topological polar surface area (TPSA) is 122 Å². The molecule has 0 radical (unpaired) electrons. The van der Waals surface area contributed by atoms with Crippen molar-refractivity contribution in [3.8, 4) is 23.4 Å². The van der Waals surface area contributed by atoms with Crippen LogP contribution in [0, 0.1) is 24.1 Å². The van der Waals surface area contributed by atoms with Crippen molar-refractivity contribution in [2.45, 2.75) is 19.9 Å². The van der Waals surface area contributed by atoms with Gasteiger partial charge in [-0.25, -0.2) is 4.39 Å². The molecule has 3 aromatic rings. The second kappa shape index (κ2) is 11.0. The molecule has 2 aromatic carbocycles. The van der Waals surface area contributed by atoms with Crippen LogP contribution in [0.25, 0.3) is 6.08 Å². The third-order valence-corrected chi connectivity index (χ3v) is 7.84. The number of pyridine rings is 1. The van der Waals surface area contributed by atoms with E-state index in [4.69, 9.17) is 21.7 Å². The van der Waals surface area contributed by atoms with Gasteiger partial charge in [0.05, 0.1) is 17.0 Å². The molecule has 40 heavy (non-hydrogen) atoms. The summed E-state index contributed by atoms with van der Waals surface area (Å²) < 4.78 is 25.1. The van der Waals surface area contributed by atoms with Crippen molar-refractivity contribution in [3.63, 3.8) is 0 Å². The van der Waals surface area contributed by atoms with Crippen LogP contribution < -0.4 is 15.0 Å². The highest BCUT2D eigenvalue weighted by atomic mass is 32.2. The number of Topliss-reactive ketones (excluding diaryl/α,β-unsaturated/α-hetero) is 1. The van der Waals surface area contributed by atoms with Gasteiger partial charge in [-0.15, -0.1) is 0 Å². The molecule has 0 bridgehead atoms. The SMILES string of the molecule is Cc1c(C(=O)CCN2C(=O)/C(=C/c3ccc(F)cc3)SC2=S)c(O)n(Cc2ccc3c(c2)OCO3)c(=O)c1C#N. The average molecular weight is 578 g/mol. The predicted molar refractivity (Wildman–Crippen MR) is 149 cm³/mol. The highest BCUT2D eigenvalue weighted by molar-refractivity contribution is 8.26. The zero-order chi connectivity index (χ0) is 28.6. The van der Waals surface area contributed by atoms with E-state index in [0.29, 0.717) is 27.5 Å². The molecule has 2 aliphatic rings. The van der Waals surface area contributed by atoms with E-state index in [1.165, 1.54) is 36.1 Å². The lowest BCUT2D eigenvalue weighted by molar-refractivity contribution is -0.122. The lowest BCUT2D eigenvalue weighted by Gasteiger charge is -2.17. The quantitative estimate of drug-likeness (QED) is 0.251. The van der Waals surface area contributed by atoms with Gasteiger partial charge >= 0.3 is 0 Å². The van der Waals surface area contributed by atoms with Crippen molar-refractivity contribution in [3.05, 3.63) is 91.4 Å². The number of hydrogen-bond donors (Lipinski definition) is 1. The summed E-state index contributed by atoms with van der Waals surface area (Å²) in [5, 5.41) is 20.7. The number of aromatic nitrogens is 1. The van der Waals surface area contributed by atoms with E-state index < -0.39 is 28.9 Å². The van der Waals surface area contributed by atoms with Crippen LogP contribution in [-0.2, 0) is 11.3 Å². The molecule has 1 amide bonds. The molecule has 1 N–H and O–H groups in total. The molecule has 0 aliphatic carbocycles. The van der Waals surface area contributed by atoms with Crippen LogP contribution in [0.1, 0.15) is 39.0 Å². The van der Waals surface area contributed by atoms with Gasteiger partial charge in [-0.1, -0.05) is 42.2 Å². The van der Waals surface area contributed by atoms with Crippen LogP contribution in [0.2, 0.25) is 0 Å². The molecular formula is C28H20FN3O6S2. The molecule has 0 atom stereocenters. The van der Waals surface area contributed by atoms with Crippen LogP contribution in [0.4, 0.5) is 4.39 Å². The third-order valence-electron chi connectivity index (χ3n) is 6.46. The van der Waals surface area contributed by atoms with E-state index in [-0.39, 0.29) is 47.3 Å². The molecule has 12 heteroatoms. The molecule has 1 saturated heterocycles. The molecule has 3 heterocycles. The minimum absolute atomic E-state index is 0.0542. The lowest BCUT2D eigenvalue weighted by Crippen LogP contribution is -2.31. The van der Waals surface area contributed by atoms with Crippen molar-refractivity contribution in [1.29, 1.82) is 5.26 Å². The fraction of sp³-hybridized carbons (Fsp3) is 0.179. The maximum absolute atomic E-state index is 13.3. The first-order valence-electron chi connectivity index (χ1n) is 12.0. The Morgan fingerprint density at radius 1 is 1.20 bits per heavy atom. The van der Waals surface area contributed by atoms with Crippen LogP contribution in [0.3, 0.4) is 0 Å². The number of rotatable bonds is 7. The molecule has 5 rings (SSSR count). The molecule has 202 valence electrons. The number of benzene rings is 2. The largest absolute Gasteiger partial charge is 0.494 e. The van der Waals surface area contributed by atoms with Gasteiger partial charge in [-0.3, -0.25) is 23.9 Å². The van der Waals surface area contributed by atoms with E-state index in [1.54, 1.807) is 24.3 Å². The van der Waals surface area contributed by atoms with Crippen LogP contribution in [0.15, 0.2) is 52.2 Å². The Morgan fingerprint density at radius 2 is 1.93 bits per heavy atom. The Bertz CT molecular complexity index is 1710. The summed E-state index contributed by atoms with van der Waals surface area (Å²) in [5.41, 5.74) is 0.0672. The maximum atomic E-state index is 13.3. The minimum atomic E-state index is -0.741. The number of halogens is 1. The number of nitriles is 1. The summed E-state index contributed by atoms with van der Waals surface area (Å²) in [6.07, 6.45) is 1.36. The average Bonchev–Trinajstić information content (AvgIpc) is 3.50. The summed E-state index contributed by atoms with van der Waals surface area (Å²) in [6.45, 7) is 1.28. The summed E-state index contributed by atoms with van der Waals surface area (Å²) in [6, 6.07) is 12.5. The third kappa shape index (κ3) is 5.09. The van der Waals surface area contributed by atoms with Gasteiger partial charge in [0.25, 0.3) is 11.5 Å². The lowest BCUT2D eigenvalue weighted by atomic mass is 9.99. The van der Waals surface area contributed by atoms with E-state index >= 15 is 0 Å². The number of amides is 1. The van der Waals surface area contributed by atoms with Gasteiger partial charge in [-0.05, 0) is 54.0 Å². The van der Waals surface area contributed by atoms with Gasteiger partial charge in [0.1, 0.15) is 21.8 Å². The molecule has 0 unspecified atom stereocenters. The number of ether oxygens (including phenoxy) is 2. The molecule has 0 saturated carbocycles. The molecule has 9 nitrogen and oxygen atoms in total. The number of nitrogens with zero attached hydrogens (tertiary/aromatic N) is 3. The van der Waals surface area contributed by atoms with Gasteiger partial charge in [0.2, 0.25) is 12.7 Å². The fourth-order valence-corrected chi connectivity index (χ4v) is 5.70. The van der Waals surface area contributed by atoms with Crippen molar-refractivity contribution < 1.29 is 28.6 Å². The maximum Gasteiger partial charge on any atom is 0.271 e. The van der Waals surface area contributed by atoms with Gasteiger partial charge < -0.3 is 14.6 Å². The Kier molecular flexibility index (Phi) is 7.42. The van der Waals surface area contributed by atoms with E-state index in [1.807, 2.05) is 6.07 Å². The summed E-state index contributed by atoms with van der Waals surface area (Å²) in [7, 11) is 0. The Balaban J connectivity index is 1.38. The van der Waals surface area contributed by atoms with Gasteiger partial charge in [0, 0.05) is 13.0 Å². The van der Waals surface area contributed by atoms with Crippen LogP contribution in [0.5, 0.6) is 17.4 Å². The number of carbonyl (C=O) groups is 2. The van der Waals surface area contributed by atoms with Gasteiger partial charge in [0.15, 0.2) is 17.3 Å². The second-order valence-corrected chi connectivity index (χ2v) is 10.6. The van der Waals surface area contributed by atoms with E-state index in [9.17, 15) is 29.1 Å². The molecule has 1 fully saturated rings. The molecule has 2 aliphatic heterocycles. The van der Waals surface area contributed by atoms with Crippen molar-refractivity contribution in [2.24, 2.45) is 0 Å². The number of hydrogen-bond acceptors (Lipinski definition) is 9. The summed E-state index contributed by atoms with van der Waals surface area (Å²) in [5.74, 6) is -0.928. The molecule has 0 spiro atoms. The number of thioether (sulfide) groups is 1. The van der Waals surface area contributed by atoms with Crippen molar-refractivity contribution >= 4 is 46.1 Å². The monoisotopic (exact) mass is 577 g/mol. The van der Waals surface area contributed by atoms with Crippen LogP contribution >= 0.6 is 24.0 Å². The standard InChI is InChI=1S/C28H20FN3O6S2/c1-15-19(12-30)25(34)32(13-17-4-7-21-22(10-17)38-14-37-21)27(36)24(15)20(33)8-9-31-26(35)23(40-28(31)39)11-16-2-5-18(29)6-3-16/h2-7,10-11,36H,8-9,13-14H2,1H3/b23-11-. The van der Waals surface area contributed by atoms with Crippen molar-refractivity contribution in [2.75, 3.05) is 13.3 Å². The summed E-state index contributed by atoms with van der Waals surface area (Å²) in [4.78, 5) is 40.9. The van der Waals surface area contributed by atoms with Crippen LogP contribution in [-0.4, -0.2) is 43.9 Å². The first-order valence-corrected chi connectivity index (χ1v) is 13.2. The zero-order valence-corrected chi connectivity index (χ0v) is 22.6. The molecular weight excluding hydrogens is 557 g/mol. The second-order valence-electron chi connectivity index (χ2n) is 8.95. The Hall–Kier alpha value is -4.47. The number of thiocarbonyl (C=S) groups is 1. The van der Waals surface area contributed by atoms with Crippen molar-refractivity contribution in [1.82, 2.24) is 9.47 Å². The minimum Gasteiger partial charge on any atom is -0.494 e.